The van der Waals surface area contributed by atoms with Crippen molar-refractivity contribution in [3.05, 3.63) is 13.2 Å². The molecule has 0 aliphatic rings. The second-order valence-corrected chi connectivity index (χ2v) is 0.224. The smallest absolute Gasteiger partial charge is 0.0587 e. The van der Waals surface area contributed by atoms with Crippen LogP contribution in [0.25, 0.3) is 0 Å². The monoisotopic (exact) mass is 99.1 g/mol. The van der Waals surface area contributed by atoms with Crippen LogP contribution in [-0.4, -0.2) is 0 Å². The molecule has 0 rings (SSSR count). The molecular weight excluding hydrogens is 86.1 g/mol. The minimum absolute atomic E-state index is 1.43. The maximum atomic E-state index is 7.32. The van der Waals surface area contributed by atoms with Crippen LogP contribution in [0.15, 0.2) is 13.2 Å². The third-order valence-corrected chi connectivity index (χ3v) is 0. The molecule has 0 aromatic rings. The molecule has 0 saturated heterocycles. The van der Waals surface area contributed by atoms with Crippen molar-refractivity contribution in [1.82, 2.24) is 0 Å². The zero-order valence-electron chi connectivity index (χ0n) is 5.36. The summed E-state index contributed by atoms with van der Waals surface area (Å²) in [5, 5.41) is 7.32. The summed E-state index contributed by atoms with van der Waals surface area (Å²) in [5.41, 5.74) is 0. The summed E-state index contributed by atoms with van der Waals surface area (Å²) in [7, 11) is 0. The lowest BCUT2D eigenvalue weighted by Crippen LogP contribution is -1.10. The van der Waals surface area contributed by atoms with E-state index in [4.69, 9.17) is 5.26 Å². The van der Waals surface area contributed by atoms with E-state index >= 15 is 0 Å². The Morgan fingerprint density at radius 1 is 1.29 bits per heavy atom. The van der Waals surface area contributed by atoms with Crippen LogP contribution in [0.3, 0.4) is 0 Å². The fourth-order valence-electron chi connectivity index (χ4n) is 0. The number of nitrogens with zero attached hydrogens (tertiary/aromatic N) is 1. The van der Waals surface area contributed by atoms with E-state index in [9.17, 15) is 0 Å². The van der Waals surface area contributed by atoms with Crippen LogP contribution >= 0.6 is 0 Å². The average molecular weight is 99.2 g/mol. The van der Waals surface area contributed by atoms with E-state index in [0.717, 1.165) is 0 Å². The molecule has 1 heteroatoms. The molecule has 0 N–H and O–H groups in total. The zero-order valence-corrected chi connectivity index (χ0v) is 5.36. The van der Waals surface area contributed by atoms with Gasteiger partial charge in [-0.1, -0.05) is 13.8 Å². The van der Waals surface area contributed by atoms with Gasteiger partial charge in [-0.05, 0) is 0 Å². The Morgan fingerprint density at radius 3 is 1.29 bits per heavy atom. The van der Waals surface area contributed by atoms with E-state index < -0.39 is 0 Å². The molecule has 0 aromatic carbocycles. The Kier molecular flexibility index (Phi) is 4130. The van der Waals surface area contributed by atoms with Crippen LogP contribution in [0.1, 0.15) is 20.8 Å². The molecule has 0 aliphatic carbocycles. The van der Waals surface area contributed by atoms with Crippen LogP contribution in [0.4, 0.5) is 0 Å². The van der Waals surface area contributed by atoms with Gasteiger partial charge in [0, 0.05) is 6.92 Å². The molecule has 0 spiro atoms. The van der Waals surface area contributed by atoms with E-state index in [1.54, 1.807) is 6.07 Å². The minimum Gasteiger partial charge on any atom is -0.199 e. The van der Waals surface area contributed by atoms with Crippen LogP contribution in [0, 0.1) is 11.3 Å². The molecule has 0 aromatic heterocycles. The third kappa shape index (κ3) is 92.0. The summed E-state index contributed by atoms with van der Waals surface area (Å²) in [4.78, 5) is 0. The van der Waals surface area contributed by atoms with Crippen molar-refractivity contribution in [2.75, 3.05) is 0 Å². The Labute approximate surface area is 46.3 Å². The van der Waals surface area contributed by atoms with Crippen molar-refractivity contribution in [1.29, 1.82) is 5.26 Å². The van der Waals surface area contributed by atoms with Crippen molar-refractivity contribution in [2.45, 2.75) is 20.8 Å². The lowest BCUT2D eigenvalue weighted by atomic mass is 11.0. The third-order valence-electron chi connectivity index (χ3n) is 0. The summed E-state index contributed by atoms with van der Waals surface area (Å²) in [6.45, 7) is 11.4. The van der Waals surface area contributed by atoms with E-state index in [-0.39, 0.29) is 0 Å². The highest BCUT2D eigenvalue weighted by molar-refractivity contribution is 4.51. The number of hydrogen-bond donors (Lipinski definition) is 0. The molecule has 0 unspecified atom stereocenters. The number of rotatable bonds is 0. The van der Waals surface area contributed by atoms with Gasteiger partial charge in [-0.15, -0.1) is 13.2 Å². The molecule has 0 saturated carbocycles. The Balaban J connectivity index is -0.0000000360. The van der Waals surface area contributed by atoms with Crippen molar-refractivity contribution in [3.8, 4) is 6.07 Å². The molecule has 0 radical (unpaired) electrons. The van der Waals surface area contributed by atoms with Gasteiger partial charge in [0.05, 0.1) is 6.07 Å². The molecule has 0 aliphatic heterocycles. The molecule has 0 bridgehead atoms. The predicted octanol–water partition coefficient (Wildman–Crippen LogP) is 2.36. The molecule has 7 heavy (non-hydrogen) atoms. The Morgan fingerprint density at radius 2 is 1.29 bits per heavy atom. The summed E-state index contributed by atoms with van der Waals surface area (Å²) < 4.78 is 0. The molecule has 42 valence electrons. The van der Waals surface area contributed by atoms with E-state index in [2.05, 4.69) is 13.2 Å². The van der Waals surface area contributed by atoms with Crippen molar-refractivity contribution < 1.29 is 0 Å². The number of nitriles is 1. The Bertz CT molecular complexity index is 33.9. The van der Waals surface area contributed by atoms with Gasteiger partial charge in [-0.3, -0.25) is 0 Å². The van der Waals surface area contributed by atoms with E-state index in [0.29, 0.717) is 0 Å². The first-order valence-corrected chi connectivity index (χ1v) is 2.22. The van der Waals surface area contributed by atoms with Gasteiger partial charge in [0.15, 0.2) is 0 Å². The maximum absolute atomic E-state index is 7.32. The summed E-state index contributed by atoms with van der Waals surface area (Å²) in [6.07, 6.45) is 0. The summed E-state index contributed by atoms with van der Waals surface area (Å²) >= 11 is 0. The fraction of sp³-hybridized carbons (Fsp3) is 0.500. The average Bonchev–Trinajstić information content (AvgIpc) is 1.78. The SMILES string of the molecule is C=C.CC.CC#N. The molecule has 0 amide bonds. The van der Waals surface area contributed by atoms with E-state index in [1.165, 1.54) is 6.92 Å². The summed E-state index contributed by atoms with van der Waals surface area (Å²) in [6, 6.07) is 1.75. The highest BCUT2D eigenvalue weighted by atomic mass is 14.2. The first kappa shape index (κ1) is 16.3. The minimum atomic E-state index is 1.43. The Hall–Kier alpha value is -0.770. The molecule has 0 fully saturated rings. The predicted molar refractivity (Wildman–Crippen MR) is 33.9 cm³/mol. The second kappa shape index (κ2) is 1770. The lowest BCUT2D eigenvalue weighted by Gasteiger charge is -1.15. The zero-order chi connectivity index (χ0) is 6.71. The normalized spacial score (nSPS) is 2.57. The van der Waals surface area contributed by atoms with E-state index in [1.807, 2.05) is 13.8 Å². The maximum Gasteiger partial charge on any atom is 0.0587 e. The highest BCUT2D eigenvalue weighted by Gasteiger charge is 1.17. The van der Waals surface area contributed by atoms with Crippen LogP contribution in [0.5, 0.6) is 0 Å². The van der Waals surface area contributed by atoms with Crippen molar-refractivity contribution >= 4 is 0 Å². The van der Waals surface area contributed by atoms with Gasteiger partial charge in [0.2, 0.25) is 0 Å². The number of hydrogen-bond acceptors (Lipinski definition) is 1. The van der Waals surface area contributed by atoms with Gasteiger partial charge >= 0.3 is 0 Å². The molecule has 1 nitrogen and oxygen atoms in total. The topological polar surface area (TPSA) is 23.8 Å². The highest BCUT2D eigenvalue weighted by Crippen LogP contribution is 1.21. The second-order valence-electron chi connectivity index (χ2n) is 0.224. The lowest BCUT2D eigenvalue weighted by molar-refractivity contribution is 1.49. The first-order chi connectivity index (χ1) is 3.41. The quantitative estimate of drug-likeness (QED) is 0.428. The van der Waals surface area contributed by atoms with Crippen molar-refractivity contribution in [3.63, 3.8) is 0 Å². The summed E-state index contributed by atoms with van der Waals surface area (Å²) in [5.74, 6) is 0. The van der Waals surface area contributed by atoms with Crippen LogP contribution in [0.2, 0.25) is 0 Å². The van der Waals surface area contributed by atoms with Crippen LogP contribution < -0.4 is 0 Å². The van der Waals surface area contributed by atoms with Gasteiger partial charge in [0.25, 0.3) is 0 Å². The fourth-order valence-corrected chi connectivity index (χ4v) is 0. The largest absolute Gasteiger partial charge is 0.199 e. The molecule has 0 heterocycles. The first-order valence-electron chi connectivity index (χ1n) is 2.22. The van der Waals surface area contributed by atoms with Crippen LogP contribution in [-0.2, 0) is 0 Å². The van der Waals surface area contributed by atoms with Gasteiger partial charge < -0.3 is 0 Å². The van der Waals surface area contributed by atoms with Gasteiger partial charge in [0.1, 0.15) is 0 Å². The molecule has 0 atom stereocenters. The standard InChI is InChI=1S/C2H3N.C2H6.C2H4/c1-2-3;2*1-2/h1H3;1-2H3;1-2H2. The van der Waals surface area contributed by atoms with Gasteiger partial charge in [-0.2, -0.15) is 5.26 Å². The van der Waals surface area contributed by atoms with Gasteiger partial charge in [-0.25, -0.2) is 0 Å². The molecular formula is C6H13N. The van der Waals surface area contributed by atoms with Crippen molar-refractivity contribution in [2.24, 2.45) is 0 Å².